The largest absolute Gasteiger partial charge is 0.350 e. The lowest BCUT2D eigenvalue weighted by molar-refractivity contribution is 0.0938. The second-order valence-electron chi connectivity index (χ2n) is 7.50. The van der Waals surface area contributed by atoms with Gasteiger partial charge in [-0.25, -0.2) is 8.42 Å². The molecule has 1 aliphatic heterocycles. The molecule has 1 heterocycles. The van der Waals surface area contributed by atoms with Crippen LogP contribution in [0.25, 0.3) is 0 Å². The second-order valence-corrected chi connectivity index (χ2v) is 9.51. The van der Waals surface area contributed by atoms with Crippen molar-refractivity contribution in [2.24, 2.45) is 0 Å². The van der Waals surface area contributed by atoms with Crippen molar-refractivity contribution in [3.05, 3.63) is 65.2 Å². The minimum absolute atomic E-state index is 0.0242. The standard InChI is InChI=1S/C22H28N2O3S/c1-17-10-13-20(16-21(17)24-14-6-7-15-28(24,26)27)22(25)23-18(2)11-12-19-8-4-3-5-9-19/h3-5,8-10,13,16,18H,6-7,11-12,14-15H2,1-2H3,(H,23,25). The Balaban J connectivity index is 1.68. The molecule has 1 unspecified atom stereocenters. The Morgan fingerprint density at radius 3 is 2.61 bits per heavy atom. The molecule has 1 N–H and O–H groups in total. The van der Waals surface area contributed by atoms with Crippen molar-refractivity contribution < 1.29 is 13.2 Å². The van der Waals surface area contributed by atoms with Gasteiger partial charge in [-0.15, -0.1) is 0 Å². The molecule has 6 heteroatoms. The van der Waals surface area contributed by atoms with Gasteiger partial charge in [-0.2, -0.15) is 0 Å². The first-order chi connectivity index (χ1) is 13.4. The van der Waals surface area contributed by atoms with Gasteiger partial charge in [-0.1, -0.05) is 36.4 Å². The first-order valence-electron chi connectivity index (χ1n) is 9.83. The number of carbonyl (C=O) groups excluding carboxylic acids is 1. The summed E-state index contributed by atoms with van der Waals surface area (Å²) in [5.41, 5.74) is 3.22. The van der Waals surface area contributed by atoms with E-state index in [-0.39, 0.29) is 17.7 Å². The van der Waals surface area contributed by atoms with Crippen LogP contribution in [-0.4, -0.2) is 32.7 Å². The van der Waals surface area contributed by atoms with Crippen LogP contribution in [-0.2, 0) is 16.4 Å². The number of rotatable bonds is 6. The Morgan fingerprint density at radius 1 is 1.14 bits per heavy atom. The van der Waals surface area contributed by atoms with Gasteiger partial charge in [0, 0.05) is 18.2 Å². The summed E-state index contributed by atoms with van der Waals surface area (Å²) in [5, 5.41) is 3.03. The molecule has 1 atom stereocenters. The highest BCUT2D eigenvalue weighted by Gasteiger charge is 2.27. The monoisotopic (exact) mass is 400 g/mol. The van der Waals surface area contributed by atoms with E-state index in [0.29, 0.717) is 24.2 Å². The molecule has 1 saturated heterocycles. The number of carbonyl (C=O) groups is 1. The van der Waals surface area contributed by atoms with E-state index >= 15 is 0 Å². The van der Waals surface area contributed by atoms with E-state index in [1.165, 1.54) is 9.87 Å². The quantitative estimate of drug-likeness (QED) is 0.804. The lowest BCUT2D eigenvalue weighted by atomic mass is 10.1. The number of aryl methyl sites for hydroxylation is 2. The lowest BCUT2D eigenvalue weighted by Crippen LogP contribution is -2.38. The van der Waals surface area contributed by atoms with Crippen LogP contribution in [0, 0.1) is 6.92 Å². The zero-order chi connectivity index (χ0) is 20.1. The molecular formula is C22H28N2O3S. The van der Waals surface area contributed by atoms with Crippen molar-refractivity contribution in [2.45, 2.75) is 45.6 Å². The van der Waals surface area contributed by atoms with E-state index in [1.54, 1.807) is 12.1 Å². The van der Waals surface area contributed by atoms with Gasteiger partial charge in [-0.3, -0.25) is 9.10 Å². The van der Waals surface area contributed by atoms with Crippen LogP contribution in [0.2, 0.25) is 0 Å². The molecule has 0 aromatic heterocycles. The number of nitrogens with one attached hydrogen (secondary N) is 1. The number of amides is 1. The van der Waals surface area contributed by atoms with Crippen LogP contribution in [0.15, 0.2) is 48.5 Å². The molecule has 2 aromatic carbocycles. The summed E-state index contributed by atoms with van der Waals surface area (Å²) in [7, 11) is -3.30. The molecule has 0 spiro atoms. The van der Waals surface area contributed by atoms with Crippen LogP contribution < -0.4 is 9.62 Å². The van der Waals surface area contributed by atoms with Gasteiger partial charge >= 0.3 is 0 Å². The minimum Gasteiger partial charge on any atom is -0.350 e. The molecule has 0 aliphatic carbocycles. The fraction of sp³-hybridized carbons (Fsp3) is 0.409. The van der Waals surface area contributed by atoms with Crippen LogP contribution in [0.3, 0.4) is 0 Å². The van der Waals surface area contributed by atoms with Crippen molar-refractivity contribution >= 4 is 21.6 Å². The summed E-state index contributed by atoms with van der Waals surface area (Å²) < 4.78 is 26.3. The SMILES string of the molecule is Cc1ccc(C(=O)NC(C)CCc2ccccc2)cc1N1CCCCS1(=O)=O. The van der Waals surface area contributed by atoms with Crippen molar-refractivity contribution in [3.8, 4) is 0 Å². The maximum Gasteiger partial charge on any atom is 0.251 e. The fourth-order valence-electron chi connectivity index (χ4n) is 3.49. The van der Waals surface area contributed by atoms with Gasteiger partial charge < -0.3 is 5.32 Å². The minimum atomic E-state index is -3.30. The molecule has 3 rings (SSSR count). The Kier molecular flexibility index (Phi) is 6.39. The zero-order valence-electron chi connectivity index (χ0n) is 16.5. The Morgan fingerprint density at radius 2 is 1.89 bits per heavy atom. The molecule has 2 aromatic rings. The van der Waals surface area contributed by atoms with Crippen molar-refractivity contribution in [2.75, 3.05) is 16.6 Å². The maximum absolute atomic E-state index is 12.7. The number of hydrogen-bond acceptors (Lipinski definition) is 3. The van der Waals surface area contributed by atoms with Crippen molar-refractivity contribution in [1.82, 2.24) is 5.32 Å². The molecule has 1 amide bonds. The number of anilines is 1. The molecule has 0 bridgehead atoms. The highest BCUT2D eigenvalue weighted by Crippen LogP contribution is 2.28. The zero-order valence-corrected chi connectivity index (χ0v) is 17.3. The van der Waals surface area contributed by atoms with Crippen molar-refractivity contribution in [1.29, 1.82) is 0 Å². The van der Waals surface area contributed by atoms with Gasteiger partial charge in [-0.05, 0) is 62.8 Å². The van der Waals surface area contributed by atoms with Gasteiger partial charge in [0.1, 0.15) is 0 Å². The molecule has 28 heavy (non-hydrogen) atoms. The van der Waals surface area contributed by atoms with Gasteiger partial charge in [0.2, 0.25) is 10.0 Å². The van der Waals surface area contributed by atoms with E-state index in [9.17, 15) is 13.2 Å². The Labute approximate surface area is 167 Å². The van der Waals surface area contributed by atoms with Gasteiger partial charge in [0.15, 0.2) is 0 Å². The number of nitrogens with zero attached hydrogens (tertiary/aromatic N) is 1. The molecule has 5 nitrogen and oxygen atoms in total. The summed E-state index contributed by atoms with van der Waals surface area (Å²) in [6.07, 6.45) is 3.27. The third kappa shape index (κ3) is 4.93. The van der Waals surface area contributed by atoms with Crippen LogP contribution in [0.4, 0.5) is 5.69 Å². The number of hydrogen-bond donors (Lipinski definition) is 1. The third-order valence-corrected chi connectivity index (χ3v) is 7.03. The van der Waals surface area contributed by atoms with Crippen LogP contribution >= 0.6 is 0 Å². The lowest BCUT2D eigenvalue weighted by Gasteiger charge is -2.29. The van der Waals surface area contributed by atoms with Crippen LogP contribution in [0.5, 0.6) is 0 Å². The summed E-state index contributed by atoms with van der Waals surface area (Å²) in [6.45, 7) is 4.34. The third-order valence-electron chi connectivity index (χ3n) is 5.18. The second kappa shape index (κ2) is 8.78. The van der Waals surface area contributed by atoms with Gasteiger partial charge in [0.25, 0.3) is 5.91 Å². The summed E-state index contributed by atoms with van der Waals surface area (Å²) in [6, 6.07) is 15.5. The molecule has 150 valence electrons. The average Bonchev–Trinajstić information content (AvgIpc) is 2.67. The predicted octanol–water partition coefficient (Wildman–Crippen LogP) is 3.68. The fourth-order valence-corrected chi connectivity index (χ4v) is 5.18. The van der Waals surface area contributed by atoms with E-state index in [0.717, 1.165) is 24.8 Å². The molecule has 1 fully saturated rings. The molecule has 0 radical (unpaired) electrons. The summed E-state index contributed by atoms with van der Waals surface area (Å²) in [4.78, 5) is 12.7. The average molecular weight is 401 g/mol. The van der Waals surface area contributed by atoms with E-state index in [2.05, 4.69) is 17.4 Å². The topological polar surface area (TPSA) is 66.5 Å². The highest BCUT2D eigenvalue weighted by atomic mass is 32.2. The smallest absolute Gasteiger partial charge is 0.251 e. The first-order valence-corrected chi connectivity index (χ1v) is 11.4. The van der Waals surface area contributed by atoms with E-state index in [4.69, 9.17) is 0 Å². The number of sulfonamides is 1. The Hall–Kier alpha value is -2.34. The predicted molar refractivity (Wildman–Crippen MR) is 113 cm³/mol. The number of benzene rings is 2. The first kappa shape index (κ1) is 20.4. The Bertz CT molecular complexity index is 926. The highest BCUT2D eigenvalue weighted by molar-refractivity contribution is 7.92. The molecular weight excluding hydrogens is 372 g/mol. The summed E-state index contributed by atoms with van der Waals surface area (Å²) >= 11 is 0. The normalized spacial score (nSPS) is 17.1. The molecule has 1 aliphatic rings. The van der Waals surface area contributed by atoms with Crippen molar-refractivity contribution in [3.63, 3.8) is 0 Å². The maximum atomic E-state index is 12.7. The van der Waals surface area contributed by atoms with Crippen LogP contribution in [0.1, 0.15) is 47.7 Å². The van der Waals surface area contributed by atoms with Gasteiger partial charge in [0.05, 0.1) is 11.4 Å². The molecule has 0 saturated carbocycles. The van der Waals surface area contributed by atoms with E-state index in [1.807, 2.05) is 38.1 Å². The van der Waals surface area contributed by atoms with E-state index < -0.39 is 10.0 Å². The summed E-state index contributed by atoms with van der Waals surface area (Å²) in [5.74, 6) is -0.00411.